The van der Waals surface area contributed by atoms with Gasteiger partial charge >= 0.3 is 5.97 Å². The first-order valence-corrected chi connectivity index (χ1v) is 10.4. The van der Waals surface area contributed by atoms with Crippen molar-refractivity contribution in [3.05, 3.63) is 106 Å². The van der Waals surface area contributed by atoms with Crippen LogP contribution in [0.15, 0.2) is 83.3 Å². The maximum Gasteiger partial charge on any atom is 0.335 e. The highest BCUT2D eigenvalue weighted by Gasteiger charge is 2.43. The van der Waals surface area contributed by atoms with Gasteiger partial charge in [0.25, 0.3) is 5.91 Å². The van der Waals surface area contributed by atoms with Crippen LogP contribution in [0, 0.1) is 0 Å². The van der Waals surface area contributed by atoms with Crippen molar-refractivity contribution >= 4 is 33.5 Å². The Morgan fingerprint density at radius 2 is 1.74 bits per heavy atom. The van der Waals surface area contributed by atoms with E-state index in [2.05, 4.69) is 26.1 Å². The number of carboxylic acids is 1. The number of hydrogen-bond donors (Lipinski definition) is 2. The van der Waals surface area contributed by atoms with Crippen molar-refractivity contribution < 1.29 is 14.7 Å². The summed E-state index contributed by atoms with van der Waals surface area (Å²) in [6, 6.07) is 23.5. The second kappa shape index (κ2) is 7.52. The minimum Gasteiger partial charge on any atom is -0.478 e. The van der Waals surface area contributed by atoms with E-state index in [1.165, 1.54) is 12.1 Å². The lowest BCUT2D eigenvalue weighted by molar-refractivity contribution is 0.0696. The maximum absolute atomic E-state index is 13.5. The standard InChI is InChI=1S/C24H16BrN3O3/c25-17-8-4-7-16(13-17)22-19-20(14-5-2-1-3-6-14)26-27-21(19)23(29)28(22)18-11-9-15(10-12-18)24(30)31/h1-13,22H,(H,26,27)(H,30,31). The Hall–Kier alpha value is -3.71. The molecule has 152 valence electrons. The SMILES string of the molecule is O=C(O)c1ccc(N2C(=O)c3[nH]nc(-c4ccccc4)c3C2c2cccc(Br)c2)cc1. The van der Waals surface area contributed by atoms with Gasteiger partial charge in [0.15, 0.2) is 0 Å². The molecular weight excluding hydrogens is 458 g/mol. The summed E-state index contributed by atoms with van der Waals surface area (Å²) in [4.78, 5) is 26.4. The van der Waals surface area contributed by atoms with Gasteiger partial charge in [-0.3, -0.25) is 14.8 Å². The first-order valence-electron chi connectivity index (χ1n) is 9.60. The fourth-order valence-electron chi connectivity index (χ4n) is 3.99. The lowest BCUT2D eigenvalue weighted by Crippen LogP contribution is -2.29. The van der Waals surface area contributed by atoms with Gasteiger partial charge in [0.05, 0.1) is 17.3 Å². The molecule has 1 unspecified atom stereocenters. The Labute approximate surface area is 186 Å². The topological polar surface area (TPSA) is 86.3 Å². The number of nitrogens with zero attached hydrogens (tertiary/aromatic N) is 2. The predicted molar refractivity (Wildman–Crippen MR) is 120 cm³/mol. The van der Waals surface area contributed by atoms with E-state index in [1.54, 1.807) is 17.0 Å². The number of halogens is 1. The molecule has 0 saturated carbocycles. The monoisotopic (exact) mass is 473 g/mol. The summed E-state index contributed by atoms with van der Waals surface area (Å²) in [5.41, 5.74) is 4.57. The lowest BCUT2D eigenvalue weighted by Gasteiger charge is -2.26. The predicted octanol–water partition coefficient (Wildman–Crippen LogP) is 5.29. The van der Waals surface area contributed by atoms with Gasteiger partial charge in [-0.05, 0) is 42.0 Å². The van der Waals surface area contributed by atoms with E-state index in [-0.39, 0.29) is 11.5 Å². The van der Waals surface area contributed by atoms with Crippen LogP contribution in [0.3, 0.4) is 0 Å². The van der Waals surface area contributed by atoms with E-state index in [0.29, 0.717) is 11.4 Å². The zero-order valence-electron chi connectivity index (χ0n) is 16.1. The number of nitrogens with one attached hydrogen (secondary N) is 1. The molecule has 6 nitrogen and oxygen atoms in total. The molecule has 1 atom stereocenters. The van der Waals surface area contributed by atoms with Crippen molar-refractivity contribution in [3.63, 3.8) is 0 Å². The smallest absolute Gasteiger partial charge is 0.335 e. The number of carbonyl (C=O) groups is 2. The average Bonchev–Trinajstić information content (AvgIpc) is 3.33. The van der Waals surface area contributed by atoms with Crippen molar-refractivity contribution in [1.82, 2.24) is 10.2 Å². The molecule has 0 saturated heterocycles. The Bertz CT molecular complexity index is 1300. The van der Waals surface area contributed by atoms with Crippen molar-refractivity contribution in [2.75, 3.05) is 4.90 Å². The number of anilines is 1. The summed E-state index contributed by atoms with van der Waals surface area (Å²) in [6.07, 6.45) is 0. The quantitative estimate of drug-likeness (QED) is 0.421. The molecule has 0 bridgehead atoms. The van der Waals surface area contributed by atoms with Crippen molar-refractivity contribution in [2.24, 2.45) is 0 Å². The van der Waals surface area contributed by atoms with E-state index in [1.807, 2.05) is 54.6 Å². The number of hydrogen-bond acceptors (Lipinski definition) is 3. The molecular formula is C24H16BrN3O3. The first kappa shape index (κ1) is 19.3. The van der Waals surface area contributed by atoms with Crippen LogP contribution in [0.4, 0.5) is 5.69 Å². The fraction of sp³-hybridized carbons (Fsp3) is 0.0417. The van der Waals surface area contributed by atoms with Gasteiger partial charge in [-0.15, -0.1) is 0 Å². The number of rotatable bonds is 4. The second-order valence-electron chi connectivity index (χ2n) is 7.21. The Morgan fingerprint density at radius 1 is 1.00 bits per heavy atom. The molecule has 1 aliphatic heterocycles. The molecule has 0 spiro atoms. The first-order chi connectivity index (χ1) is 15.0. The maximum atomic E-state index is 13.5. The van der Waals surface area contributed by atoms with Crippen LogP contribution >= 0.6 is 15.9 Å². The average molecular weight is 474 g/mol. The van der Waals surface area contributed by atoms with E-state index in [9.17, 15) is 14.7 Å². The van der Waals surface area contributed by atoms with Crippen molar-refractivity contribution in [2.45, 2.75) is 6.04 Å². The van der Waals surface area contributed by atoms with Crippen LogP contribution in [0.25, 0.3) is 11.3 Å². The highest BCUT2D eigenvalue weighted by molar-refractivity contribution is 9.10. The molecule has 0 aliphatic carbocycles. The molecule has 4 aromatic rings. The van der Waals surface area contributed by atoms with E-state index in [4.69, 9.17) is 0 Å². The molecule has 0 fully saturated rings. The highest BCUT2D eigenvalue weighted by atomic mass is 79.9. The van der Waals surface area contributed by atoms with Gasteiger partial charge in [-0.2, -0.15) is 5.10 Å². The third-order valence-corrected chi connectivity index (χ3v) is 5.87. The zero-order chi connectivity index (χ0) is 21.5. The largest absolute Gasteiger partial charge is 0.478 e. The molecule has 5 rings (SSSR count). The van der Waals surface area contributed by atoms with Gasteiger partial charge in [0.2, 0.25) is 0 Å². The molecule has 3 aromatic carbocycles. The molecule has 1 amide bonds. The molecule has 31 heavy (non-hydrogen) atoms. The Morgan fingerprint density at radius 3 is 2.42 bits per heavy atom. The highest BCUT2D eigenvalue weighted by Crippen LogP contribution is 2.45. The number of carboxylic acid groups (broad SMARTS) is 1. The molecule has 1 aromatic heterocycles. The number of benzene rings is 3. The summed E-state index contributed by atoms with van der Waals surface area (Å²) >= 11 is 3.53. The summed E-state index contributed by atoms with van der Waals surface area (Å²) in [7, 11) is 0. The van der Waals surface area contributed by atoms with E-state index in [0.717, 1.165) is 26.9 Å². The summed E-state index contributed by atoms with van der Waals surface area (Å²) < 4.78 is 0.900. The number of H-pyrrole nitrogens is 1. The van der Waals surface area contributed by atoms with Gasteiger partial charge in [-0.1, -0.05) is 58.4 Å². The Kier molecular flexibility index (Phi) is 4.67. The Balaban J connectivity index is 1.70. The molecule has 2 heterocycles. The van der Waals surface area contributed by atoms with Crippen LogP contribution in [0.1, 0.15) is 38.0 Å². The minimum absolute atomic E-state index is 0.166. The van der Waals surface area contributed by atoms with Crippen LogP contribution < -0.4 is 4.90 Å². The summed E-state index contributed by atoms with van der Waals surface area (Å²) in [5, 5.41) is 16.6. The zero-order valence-corrected chi connectivity index (χ0v) is 17.7. The van der Waals surface area contributed by atoms with E-state index < -0.39 is 12.0 Å². The van der Waals surface area contributed by atoms with Crippen LogP contribution in [0.2, 0.25) is 0 Å². The minimum atomic E-state index is -1.01. The van der Waals surface area contributed by atoms with Crippen LogP contribution in [-0.4, -0.2) is 27.2 Å². The van der Waals surface area contributed by atoms with Crippen LogP contribution in [0.5, 0.6) is 0 Å². The fourth-order valence-corrected chi connectivity index (χ4v) is 4.40. The number of carbonyl (C=O) groups excluding carboxylic acids is 1. The number of amides is 1. The lowest BCUT2D eigenvalue weighted by atomic mass is 9.96. The third kappa shape index (κ3) is 3.23. The second-order valence-corrected chi connectivity index (χ2v) is 8.13. The van der Waals surface area contributed by atoms with Gasteiger partial charge < -0.3 is 5.11 Å². The molecule has 2 N–H and O–H groups in total. The molecule has 7 heteroatoms. The van der Waals surface area contributed by atoms with Gasteiger partial charge in [0.1, 0.15) is 5.69 Å². The number of aromatic nitrogens is 2. The number of fused-ring (bicyclic) bond motifs is 1. The van der Waals surface area contributed by atoms with Crippen molar-refractivity contribution in [3.8, 4) is 11.3 Å². The number of aromatic amines is 1. The van der Waals surface area contributed by atoms with Gasteiger partial charge in [0, 0.05) is 21.3 Å². The summed E-state index contributed by atoms with van der Waals surface area (Å²) in [5.74, 6) is -1.22. The number of aromatic carboxylic acids is 1. The van der Waals surface area contributed by atoms with Crippen molar-refractivity contribution in [1.29, 1.82) is 0 Å². The third-order valence-electron chi connectivity index (χ3n) is 5.37. The van der Waals surface area contributed by atoms with Gasteiger partial charge in [-0.25, -0.2) is 4.79 Å². The van der Waals surface area contributed by atoms with Crippen LogP contribution in [-0.2, 0) is 0 Å². The molecule has 0 radical (unpaired) electrons. The normalized spacial score (nSPS) is 15.2. The van der Waals surface area contributed by atoms with E-state index >= 15 is 0 Å². The summed E-state index contributed by atoms with van der Waals surface area (Å²) in [6.45, 7) is 0. The molecule has 1 aliphatic rings.